The van der Waals surface area contributed by atoms with Crippen molar-refractivity contribution in [1.29, 1.82) is 0 Å². The van der Waals surface area contributed by atoms with Crippen LogP contribution in [0, 0.1) is 0 Å². The van der Waals surface area contributed by atoms with Gasteiger partial charge in [-0.3, -0.25) is 0 Å². The molecule has 2 aliphatic carbocycles. The van der Waals surface area contributed by atoms with Crippen molar-refractivity contribution >= 4 is 0 Å². The van der Waals surface area contributed by atoms with E-state index in [2.05, 4.69) is 16.0 Å². The van der Waals surface area contributed by atoms with Gasteiger partial charge < -0.3 is 5.73 Å². The van der Waals surface area contributed by atoms with Crippen molar-refractivity contribution in [1.82, 2.24) is 9.97 Å². The summed E-state index contributed by atoms with van der Waals surface area (Å²) in [6.07, 6.45) is 9.22. The lowest BCUT2D eigenvalue weighted by Crippen LogP contribution is -2.22. The second-order valence-electron chi connectivity index (χ2n) is 4.94. The molecule has 2 aliphatic rings. The minimum absolute atomic E-state index is 0.186. The highest BCUT2D eigenvalue weighted by Crippen LogP contribution is 2.41. The molecule has 0 atom stereocenters. The van der Waals surface area contributed by atoms with Gasteiger partial charge in [0.15, 0.2) is 0 Å². The van der Waals surface area contributed by atoms with E-state index in [0.29, 0.717) is 5.92 Å². The fraction of sp³-hybridized carbons (Fsp3) is 0.667. The van der Waals surface area contributed by atoms with Gasteiger partial charge in [-0.2, -0.15) is 0 Å². The first-order chi connectivity index (χ1) is 7.28. The number of nitrogens with two attached hydrogens (primary N) is 1. The van der Waals surface area contributed by atoms with E-state index in [1.165, 1.54) is 31.4 Å². The van der Waals surface area contributed by atoms with Crippen molar-refractivity contribution in [3.05, 3.63) is 23.8 Å². The van der Waals surface area contributed by atoms with Crippen LogP contribution in [0.5, 0.6) is 0 Å². The topological polar surface area (TPSA) is 51.8 Å². The second-order valence-corrected chi connectivity index (χ2v) is 4.94. The summed E-state index contributed by atoms with van der Waals surface area (Å²) in [5.74, 6) is 1.53. The summed E-state index contributed by atoms with van der Waals surface area (Å²) in [5, 5.41) is 0. The van der Waals surface area contributed by atoms with Crippen molar-refractivity contribution in [3.63, 3.8) is 0 Å². The van der Waals surface area contributed by atoms with Crippen molar-refractivity contribution in [3.8, 4) is 0 Å². The highest BCUT2D eigenvalue weighted by molar-refractivity contribution is 5.18. The largest absolute Gasteiger partial charge is 0.319 e. The number of hydrogen-bond donors (Lipinski definition) is 1. The monoisotopic (exact) mass is 203 g/mol. The zero-order valence-corrected chi connectivity index (χ0v) is 8.95. The third kappa shape index (κ3) is 1.65. The van der Waals surface area contributed by atoms with E-state index < -0.39 is 0 Å². The molecule has 0 radical (unpaired) electrons. The highest BCUT2D eigenvalue weighted by atomic mass is 15.0. The quantitative estimate of drug-likeness (QED) is 0.800. The Balaban J connectivity index is 1.89. The fourth-order valence-electron chi connectivity index (χ4n) is 2.42. The number of hydrogen-bond acceptors (Lipinski definition) is 3. The summed E-state index contributed by atoms with van der Waals surface area (Å²) in [4.78, 5) is 8.96. The van der Waals surface area contributed by atoms with Gasteiger partial charge in [0, 0.05) is 17.8 Å². The normalized spacial score (nSPS) is 24.3. The van der Waals surface area contributed by atoms with Crippen molar-refractivity contribution in [2.75, 3.05) is 0 Å². The lowest BCUT2D eigenvalue weighted by atomic mass is 10.0. The number of rotatable bonds is 2. The van der Waals surface area contributed by atoms with Gasteiger partial charge in [-0.25, -0.2) is 9.97 Å². The molecule has 0 unspecified atom stereocenters. The Morgan fingerprint density at radius 3 is 2.67 bits per heavy atom. The predicted molar refractivity (Wildman–Crippen MR) is 58.3 cm³/mol. The third-order valence-corrected chi connectivity index (χ3v) is 3.68. The lowest BCUT2D eigenvalue weighted by molar-refractivity contribution is 0.632. The molecule has 0 aliphatic heterocycles. The van der Waals surface area contributed by atoms with Gasteiger partial charge in [0.05, 0.1) is 5.54 Å². The molecule has 1 aromatic rings. The Bertz CT molecular complexity index is 365. The van der Waals surface area contributed by atoms with E-state index in [-0.39, 0.29) is 5.54 Å². The first-order valence-electron chi connectivity index (χ1n) is 5.90. The third-order valence-electron chi connectivity index (χ3n) is 3.68. The number of aromatic nitrogens is 2. The Hall–Kier alpha value is -0.960. The Morgan fingerprint density at radius 2 is 2.00 bits per heavy atom. The van der Waals surface area contributed by atoms with Crippen LogP contribution < -0.4 is 5.73 Å². The number of nitrogens with zero attached hydrogens (tertiary/aromatic N) is 2. The van der Waals surface area contributed by atoms with Gasteiger partial charge in [-0.05, 0) is 31.7 Å². The Morgan fingerprint density at radius 1 is 1.27 bits per heavy atom. The Labute approximate surface area is 90.1 Å². The average molecular weight is 203 g/mol. The molecule has 2 saturated carbocycles. The second kappa shape index (κ2) is 3.27. The molecule has 15 heavy (non-hydrogen) atoms. The first-order valence-corrected chi connectivity index (χ1v) is 5.90. The summed E-state index contributed by atoms with van der Waals surface area (Å²) in [6.45, 7) is 0. The Kier molecular flexibility index (Phi) is 2.02. The first kappa shape index (κ1) is 9.28. The molecule has 0 aromatic carbocycles. The maximum absolute atomic E-state index is 6.11. The molecule has 0 saturated heterocycles. The molecule has 0 amide bonds. The van der Waals surface area contributed by atoms with Crippen molar-refractivity contribution in [2.45, 2.75) is 50.0 Å². The van der Waals surface area contributed by atoms with Gasteiger partial charge in [0.25, 0.3) is 0 Å². The van der Waals surface area contributed by atoms with Gasteiger partial charge in [-0.1, -0.05) is 12.8 Å². The van der Waals surface area contributed by atoms with Gasteiger partial charge in [0.1, 0.15) is 5.82 Å². The summed E-state index contributed by atoms with van der Waals surface area (Å²) >= 11 is 0. The van der Waals surface area contributed by atoms with Crippen LogP contribution in [-0.4, -0.2) is 9.97 Å². The highest BCUT2D eigenvalue weighted by Gasteiger charge is 2.43. The molecular formula is C12H17N3. The van der Waals surface area contributed by atoms with Crippen LogP contribution in [0.2, 0.25) is 0 Å². The summed E-state index contributed by atoms with van der Waals surface area (Å²) in [7, 11) is 0. The summed E-state index contributed by atoms with van der Waals surface area (Å²) < 4.78 is 0. The molecule has 3 heteroatoms. The maximum Gasteiger partial charge on any atom is 0.148 e. The van der Waals surface area contributed by atoms with E-state index in [1.807, 2.05) is 6.20 Å². The van der Waals surface area contributed by atoms with E-state index in [1.54, 1.807) is 0 Å². The molecule has 0 spiro atoms. The maximum atomic E-state index is 6.11. The molecule has 80 valence electrons. The molecule has 2 fully saturated rings. The van der Waals surface area contributed by atoms with Gasteiger partial charge in [0.2, 0.25) is 0 Å². The van der Waals surface area contributed by atoms with Crippen LogP contribution in [-0.2, 0) is 5.54 Å². The van der Waals surface area contributed by atoms with Crippen LogP contribution in [0.1, 0.15) is 56.0 Å². The molecule has 3 nitrogen and oxygen atoms in total. The van der Waals surface area contributed by atoms with Crippen molar-refractivity contribution < 1.29 is 0 Å². The van der Waals surface area contributed by atoms with E-state index in [0.717, 1.165) is 18.7 Å². The molecule has 1 heterocycles. The standard InChI is InChI=1S/C12H17N3/c13-12(6-7-12)11-14-8-5-10(15-11)9-3-1-2-4-9/h5,8-9H,1-4,6-7,13H2. The van der Waals surface area contributed by atoms with Gasteiger partial charge in [-0.15, -0.1) is 0 Å². The van der Waals surface area contributed by atoms with E-state index in [9.17, 15) is 0 Å². The molecule has 1 aromatic heterocycles. The minimum atomic E-state index is -0.186. The molecule has 2 N–H and O–H groups in total. The zero-order chi connectivity index (χ0) is 10.3. The predicted octanol–water partition coefficient (Wildman–Crippen LogP) is 2.08. The SMILES string of the molecule is NC1(c2nccc(C3CCCC3)n2)CC1. The van der Waals surface area contributed by atoms with Crippen LogP contribution in [0.15, 0.2) is 12.3 Å². The molecule has 3 rings (SSSR count). The lowest BCUT2D eigenvalue weighted by Gasteiger charge is -2.12. The van der Waals surface area contributed by atoms with Gasteiger partial charge >= 0.3 is 0 Å². The van der Waals surface area contributed by atoms with Crippen LogP contribution in [0.25, 0.3) is 0 Å². The summed E-state index contributed by atoms with van der Waals surface area (Å²) in [5.41, 5.74) is 7.14. The van der Waals surface area contributed by atoms with Crippen LogP contribution in [0.3, 0.4) is 0 Å². The smallest absolute Gasteiger partial charge is 0.148 e. The average Bonchev–Trinajstić information content (AvgIpc) is 2.84. The molecule has 0 bridgehead atoms. The fourth-order valence-corrected chi connectivity index (χ4v) is 2.42. The summed E-state index contributed by atoms with van der Waals surface area (Å²) in [6, 6.07) is 2.06. The zero-order valence-electron chi connectivity index (χ0n) is 8.95. The van der Waals surface area contributed by atoms with Crippen molar-refractivity contribution in [2.24, 2.45) is 5.73 Å². The van der Waals surface area contributed by atoms with Crippen LogP contribution >= 0.6 is 0 Å². The van der Waals surface area contributed by atoms with Crippen LogP contribution in [0.4, 0.5) is 0 Å². The molecular weight excluding hydrogens is 186 g/mol. The minimum Gasteiger partial charge on any atom is -0.319 e. The van der Waals surface area contributed by atoms with E-state index in [4.69, 9.17) is 5.73 Å². The van der Waals surface area contributed by atoms with E-state index >= 15 is 0 Å².